The molecule has 1 N–H and O–H groups in total. The van der Waals surface area contributed by atoms with Crippen LogP contribution in [0.15, 0.2) is 36.5 Å². The summed E-state index contributed by atoms with van der Waals surface area (Å²) in [6.07, 6.45) is 1.68. The third-order valence-corrected chi connectivity index (χ3v) is 3.99. The molecule has 0 fully saturated rings. The molecule has 7 nitrogen and oxygen atoms in total. The lowest BCUT2D eigenvalue weighted by atomic mass is 9.91. The molecule has 1 aromatic carbocycles. The Hall–Kier alpha value is -3.09. The minimum absolute atomic E-state index is 0.180. The minimum atomic E-state index is -0.284. The van der Waals surface area contributed by atoms with Gasteiger partial charge in [0.2, 0.25) is 6.79 Å². The predicted octanol–water partition coefficient (Wildman–Crippen LogP) is 3.01. The summed E-state index contributed by atoms with van der Waals surface area (Å²) in [6.45, 7) is 6.41. The van der Waals surface area contributed by atoms with Gasteiger partial charge in [-0.2, -0.15) is 5.10 Å². The van der Waals surface area contributed by atoms with Gasteiger partial charge >= 0.3 is 0 Å². The number of rotatable bonds is 2. The molecule has 4 rings (SSSR count). The number of ether oxygens (including phenoxy) is 2. The Balaban J connectivity index is 1.68. The van der Waals surface area contributed by atoms with E-state index in [2.05, 4.69) is 36.2 Å². The molecule has 0 saturated carbocycles. The molecular formula is C18H18N4O3. The van der Waals surface area contributed by atoms with E-state index in [4.69, 9.17) is 9.47 Å². The van der Waals surface area contributed by atoms with Gasteiger partial charge in [0.1, 0.15) is 5.69 Å². The van der Waals surface area contributed by atoms with E-state index in [1.165, 1.54) is 0 Å². The topological polar surface area (TPSA) is 77.8 Å². The number of nitrogens with zero attached hydrogens (tertiary/aromatic N) is 3. The van der Waals surface area contributed by atoms with Gasteiger partial charge in [-0.05, 0) is 18.2 Å². The average Bonchev–Trinajstić information content (AvgIpc) is 3.21. The second kappa shape index (κ2) is 5.47. The van der Waals surface area contributed by atoms with Crippen molar-refractivity contribution >= 4 is 17.2 Å². The highest BCUT2D eigenvalue weighted by atomic mass is 16.7. The Bertz CT molecular complexity index is 972. The fraction of sp³-hybridized carbons (Fsp3) is 0.278. The van der Waals surface area contributed by atoms with Gasteiger partial charge in [-0.15, -0.1) is 0 Å². The van der Waals surface area contributed by atoms with Crippen molar-refractivity contribution in [1.29, 1.82) is 0 Å². The number of amides is 1. The van der Waals surface area contributed by atoms with Crippen molar-refractivity contribution < 1.29 is 14.3 Å². The summed E-state index contributed by atoms with van der Waals surface area (Å²) in [5, 5.41) is 7.16. The van der Waals surface area contributed by atoms with Crippen LogP contribution in [0.4, 0.5) is 5.69 Å². The van der Waals surface area contributed by atoms with Crippen LogP contribution < -0.4 is 14.8 Å². The van der Waals surface area contributed by atoms with Crippen LogP contribution in [0.2, 0.25) is 0 Å². The number of anilines is 1. The van der Waals surface area contributed by atoms with Gasteiger partial charge < -0.3 is 14.8 Å². The molecule has 0 spiro atoms. The van der Waals surface area contributed by atoms with Crippen molar-refractivity contribution in [1.82, 2.24) is 14.6 Å². The van der Waals surface area contributed by atoms with Crippen LogP contribution in [0.25, 0.3) is 5.65 Å². The summed E-state index contributed by atoms with van der Waals surface area (Å²) in [5.74, 6) is 1.01. The third kappa shape index (κ3) is 2.77. The van der Waals surface area contributed by atoms with E-state index in [0.29, 0.717) is 28.5 Å². The molecule has 3 aromatic rings. The fourth-order valence-corrected chi connectivity index (χ4v) is 2.73. The number of fused-ring (bicyclic) bond motifs is 2. The average molecular weight is 338 g/mol. The van der Waals surface area contributed by atoms with Crippen LogP contribution in [0.1, 0.15) is 37.0 Å². The van der Waals surface area contributed by atoms with Gasteiger partial charge in [0.25, 0.3) is 5.91 Å². The monoisotopic (exact) mass is 338 g/mol. The van der Waals surface area contributed by atoms with Gasteiger partial charge in [0, 0.05) is 23.2 Å². The summed E-state index contributed by atoms with van der Waals surface area (Å²) in [6, 6.07) is 8.84. The Labute approximate surface area is 144 Å². The molecule has 128 valence electrons. The third-order valence-electron chi connectivity index (χ3n) is 3.99. The molecule has 0 saturated heterocycles. The van der Waals surface area contributed by atoms with Crippen molar-refractivity contribution in [3.8, 4) is 11.5 Å². The molecule has 1 aliphatic heterocycles. The summed E-state index contributed by atoms with van der Waals surface area (Å²) in [5.41, 5.74) is 2.35. The smallest absolute Gasteiger partial charge is 0.274 e. The highest BCUT2D eigenvalue weighted by Gasteiger charge is 2.22. The lowest BCUT2D eigenvalue weighted by molar-refractivity contribution is 0.102. The fourth-order valence-electron chi connectivity index (χ4n) is 2.73. The van der Waals surface area contributed by atoms with Crippen LogP contribution in [0.5, 0.6) is 11.5 Å². The van der Waals surface area contributed by atoms with E-state index in [-0.39, 0.29) is 18.1 Å². The normalized spacial score (nSPS) is 13.2. The molecule has 0 atom stereocenters. The number of carbonyl (C=O) groups is 1. The molecule has 0 bridgehead atoms. The minimum Gasteiger partial charge on any atom is -0.454 e. The first-order chi connectivity index (χ1) is 11.9. The molecule has 1 aliphatic rings. The first-order valence-corrected chi connectivity index (χ1v) is 7.98. The quantitative estimate of drug-likeness (QED) is 0.777. The summed E-state index contributed by atoms with van der Waals surface area (Å²) >= 11 is 0. The van der Waals surface area contributed by atoms with E-state index in [9.17, 15) is 4.79 Å². The van der Waals surface area contributed by atoms with Crippen LogP contribution in [-0.2, 0) is 5.41 Å². The Morgan fingerprint density at radius 1 is 1.16 bits per heavy atom. The lowest BCUT2D eigenvalue weighted by Crippen LogP contribution is -2.21. The first-order valence-electron chi connectivity index (χ1n) is 7.98. The number of hydrogen-bond donors (Lipinski definition) is 1. The maximum atomic E-state index is 12.7. The molecule has 7 heteroatoms. The number of carbonyl (C=O) groups excluding carboxylic acids is 1. The zero-order chi connectivity index (χ0) is 17.6. The van der Waals surface area contributed by atoms with Crippen LogP contribution >= 0.6 is 0 Å². The number of hydrogen-bond acceptors (Lipinski definition) is 5. The van der Waals surface area contributed by atoms with Gasteiger partial charge in [-0.3, -0.25) is 4.79 Å². The highest BCUT2D eigenvalue weighted by molar-refractivity contribution is 6.03. The van der Waals surface area contributed by atoms with Gasteiger partial charge in [-0.1, -0.05) is 20.8 Å². The Morgan fingerprint density at radius 2 is 1.96 bits per heavy atom. The van der Waals surface area contributed by atoms with Crippen LogP contribution in [0, 0.1) is 0 Å². The van der Waals surface area contributed by atoms with Gasteiger partial charge in [0.05, 0.1) is 11.9 Å². The molecule has 1 amide bonds. The number of aromatic nitrogens is 3. The highest BCUT2D eigenvalue weighted by Crippen LogP contribution is 2.34. The molecule has 25 heavy (non-hydrogen) atoms. The van der Waals surface area contributed by atoms with E-state index in [1.807, 2.05) is 0 Å². The molecular weight excluding hydrogens is 320 g/mol. The van der Waals surface area contributed by atoms with Crippen molar-refractivity contribution in [2.45, 2.75) is 26.2 Å². The largest absolute Gasteiger partial charge is 0.454 e. The van der Waals surface area contributed by atoms with E-state index in [1.54, 1.807) is 41.0 Å². The lowest BCUT2D eigenvalue weighted by Gasteiger charge is -2.20. The second-order valence-corrected chi connectivity index (χ2v) is 6.90. The van der Waals surface area contributed by atoms with E-state index >= 15 is 0 Å². The predicted molar refractivity (Wildman–Crippen MR) is 92.2 cm³/mol. The summed E-state index contributed by atoms with van der Waals surface area (Å²) in [4.78, 5) is 17.1. The van der Waals surface area contributed by atoms with E-state index < -0.39 is 0 Å². The van der Waals surface area contributed by atoms with E-state index in [0.717, 1.165) is 5.69 Å². The first kappa shape index (κ1) is 15.4. The second-order valence-electron chi connectivity index (χ2n) is 6.90. The maximum Gasteiger partial charge on any atom is 0.274 e. The summed E-state index contributed by atoms with van der Waals surface area (Å²) in [7, 11) is 0. The van der Waals surface area contributed by atoms with Crippen molar-refractivity contribution in [3.05, 3.63) is 47.9 Å². The Morgan fingerprint density at radius 3 is 2.76 bits per heavy atom. The Kier molecular flexibility index (Phi) is 3.38. The molecule has 0 aliphatic carbocycles. The SMILES string of the molecule is CC(C)(C)c1cc(C(=O)Nc2ccc3c(c2)OCO3)nc2ccnn12. The summed E-state index contributed by atoms with van der Waals surface area (Å²) < 4.78 is 12.4. The number of benzene rings is 1. The molecule has 0 radical (unpaired) electrons. The zero-order valence-corrected chi connectivity index (χ0v) is 14.2. The zero-order valence-electron chi connectivity index (χ0n) is 14.2. The van der Waals surface area contributed by atoms with Crippen LogP contribution in [0.3, 0.4) is 0 Å². The molecule has 0 unspecified atom stereocenters. The standard InChI is InChI=1S/C18H18N4O3/c1-18(2,3)15-9-12(21-16-6-7-19-22(15)16)17(23)20-11-4-5-13-14(8-11)25-10-24-13/h4-9H,10H2,1-3H3,(H,20,23). The van der Waals surface area contributed by atoms with Crippen molar-refractivity contribution in [2.24, 2.45) is 0 Å². The van der Waals surface area contributed by atoms with Crippen molar-refractivity contribution in [3.63, 3.8) is 0 Å². The molecule has 3 heterocycles. The van der Waals surface area contributed by atoms with Crippen LogP contribution in [-0.4, -0.2) is 27.3 Å². The van der Waals surface area contributed by atoms with Crippen molar-refractivity contribution in [2.75, 3.05) is 12.1 Å². The maximum absolute atomic E-state index is 12.7. The molecule has 2 aromatic heterocycles. The number of nitrogens with one attached hydrogen (secondary N) is 1. The van der Waals surface area contributed by atoms with Gasteiger partial charge in [-0.25, -0.2) is 9.50 Å². The van der Waals surface area contributed by atoms with Gasteiger partial charge in [0.15, 0.2) is 17.1 Å².